The smallest absolute Gasteiger partial charge is 0.393 e. The van der Waals surface area contributed by atoms with E-state index in [2.05, 4.69) is 4.98 Å². The predicted octanol–water partition coefficient (Wildman–Crippen LogP) is 2.31. The first kappa shape index (κ1) is 13.5. The summed E-state index contributed by atoms with van der Waals surface area (Å²) in [5, 5.41) is 8.87. The summed E-state index contributed by atoms with van der Waals surface area (Å²) in [7, 11) is 0. The molecule has 4 nitrogen and oxygen atoms in total. The molecule has 1 atom stereocenters. The molecule has 0 radical (unpaired) electrons. The first-order valence-corrected chi connectivity index (χ1v) is 5.89. The van der Waals surface area contributed by atoms with E-state index in [0.29, 0.717) is 13.0 Å². The Balaban J connectivity index is 2.26. The number of aromatic nitrogens is 1. The van der Waals surface area contributed by atoms with Gasteiger partial charge < -0.3 is 10.6 Å². The number of alkyl halides is 3. The van der Waals surface area contributed by atoms with Gasteiger partial charge in [-0.2, -0.15) is 18.4 Å². The number of pyridine rings is 1. The van der Waals surface area contributed by atoms with Gasteiger partial charge in [0.25, 0.3) is 0 Å². The lowest BCUT2D eigenvalue weighted by Gasteiger charge is -2.35. The van der Waals surface area contributed by atoms with E-state index >= 15 is 0 Å². The van der Waals surface area contributed by atoms with Crippen LogP contribution in [0.4, 0.5) is 24.7 Å². The van der Waals surface area contributed by atoms with Crippen LogP contribution in [0.15, 0.2) is 12.3 Å². The normalized spacial score (nSPS) is 20.1. The van der Waals surface area contributed by atoms with Gasteiger partial charge in [-0.25, -0.2) is 4.98 Å². The molecule has 2 N–H and O–H groups in total. The van der Waals surface area contributed by atoms with E-state index in [1.807, 2.05) is 6.07 Å². The molecular formula is C12H13F3N4. The van der Waals surface area contributed by atoms with E-state index in [4.69, 9.17) is 11.0 Å². The van der Waals surface area contributed by atoms with Gasteiger partial charge in [0, 0.05) is 19.3 Å². The maximum absolute atomic E-state index is 12.7. The highest BCUT2D eigenvalue weighted by molar-refractivity contribution is 5.70. The molecule has 102 valence electrons. The van der Waals surface area contributed by atoms with Crippen molar-refractivity contribution >= 4 is 11.5 Å². The van der Waals surface area contributed by atoms with E-state index < -0.39 is 12.1 Å². The average Bonchev–Trinajstić information content (AvgIpc) is 2.38. The van der Waals surface area contributed by atoms with Gasteiger partial charge in [-0.15, -0.1) is 0 Å². The lowest BCUT2D eigenvalue weighted by Crippen LogP contribution is -2.42. The van der Waals surface area contributed by atoms with E-state index in [0.717, 1.165) is 0 Å². The Bertz CT molecular complexity index is 507. The number of anilines is 2. The zero-order valence-electron chi connectivity index (χ0n) is 10.1. The summed E-state index contributed by atoms with van der Waals surface area (Å²) < 4.78 is 38.2. The fraction of sp³-hybridized carbons (Fsp3) is 0.500. The van der Waals surface area contributed by atoms with Crippen molar-refractivity contribution in [2.24, 2.45) is 5.92 Å². The Kier molecular flexibility index (Phi) is 3.51. The number of nitrogen functional groups attached to an aromatic ring is 1. The largest absolute Gasteiger partial charge is 0.395 e. The first-order valence-electron chi connectivity index (χ1n) is 5.89. The Morgan fingerprint density at radius 3 is 2.84 bits per heavy atom. The van der Waals surface area contributed by atoms with Crippen LogP contribution in [0, 0.1) is 17.2 Å². The van der Waals surface area contributed by atoms with Crippen LogP contribution >= 0.6 is 0 Å². The second-order valence-corrected chi connectivity index (χ2v) is 4.53. The number of rotatable bonds is 1. The number of nitrogens with two attached hydrogens (primary N) is 1. The lowest BCUT2D eigenvalue weighted by atomic mass is 9.97. The van der Waals surface area contributed by atoms with Crippen molar-refractivity contribution in [1.82, 2.24) is 4.98 Å². The molecule has 1 unspecified atom stereocenters. The third kappa shape index (κ3) is 2.72. The summed E-state index contributed by atoms with van der Waals surface area (Å²) in [5.74, 6) is -1.10. The van der Waals surface area contributed by atoms with Gasteiger partial charge in [0.1, 0.15) is 6.07 Å². The van der Waals surface area contributed by atoms with Crippen molar-refractivity contribution < 1.29 is 13.2 Å². The summed E-state index contributed by atoms with van der Waals surface area (Å²) in [6.07, 6.45) is -2.26. The van der Waals surface area contributed by atoms with Crippen molar-refractivity contribution in [3.05, 3.63) is 17.8 Å². The Morgan fingerprint density at radius 2 is 2.21 bits per heavy atom. The van der Waals surface area contributed by atoms with Gasteiger partial charge in [0.2, 0.25) is 0 Å². The molecule has 0 saturated carbocycles. The number of halogens is 3. The number of hydrogen-bond donors (Lipinski definition) is 1. The maximum atomic E-state index is 12.7. The summed E-state index contributed by atoms with van der Waals surface area (Å²) in [4.78, 5) is 5.52. The van der Waals surface area contributed by atoms with Crippen molar-refractivity contribution in [3.8, 4) is 6.07 Å². The van der Waals surface area contributed by atoms with Crippen LogP contribution in [-0.4, -0.2) is 24.2 Å². The van der Waals surface area contributed by atoms with E-state index in [1.54, 1.807) is 0 Å². The summed E-state index contributed by atoms with van der Waals surface area (Å²) in [6.45, 7) is 0.314. The highest BCUT2D eigenvalue weighted by atomic mass is 19.4. The Morgan fingerprint density at radius 1 is 1.47 bits per heavy atom. The van der Waals surface area contributed by atoms with Crippen LogP contribution in [0.2, 0.25) is 0 Å². The first-order chi connectivity index (χ1) is 8.93. The standard InChI is InChI=1S/C12H13F3N4/c13-12(14,15)9-2-1-5-19(7-9)11-10(17)8(6-16)3-4-18-11/h3-4,9H,1-2,5,7,17H2. The van der Waals surface area contributed by atoms with E-state index in [9.17, 15) is 13.2 Å². The predicted molar refractivity (Wildman–Crippen MR) is 64.4 cm³/mol. The third-order valence-corrected chi connectivity index (χ3v) is 3.27. The van der Waals surface area contributed by atoms with Gasteiger partial charge in [-0.05, 0) is 18.9 Å². The fourth-order valence-electron chi connectivity index (χ4n) is 2.25. The van der Waals surface area contributed by atoms with Gasteiger partial charge in [-0.3, -0.25) is 0 Å². The molecule has 1 aromatic rings. The van der Waals surface area contributed by atoms with Crippen LogP contribution in [0.3, 0.4) is 0 Å². The van der Waals surface area contributed by atoms with Crippen LogP contribution in [-0.2, 0) is 0 Å². The molecular weight excluding hydrogens is 257 g/mol. The third-order valence-electron chi connectivity index (χ3n) is 3.27. The molecule has 7 heteroatoms. The van der Waals surface area contributed by atoms with Crippen LogP contribution in [0.1, 0.15) is 18.4 Å². The van der Waals surface area contributed by atoms with Crippen LogP contribution < -0.4 is 10.6 Å². The molecule has 19 heavy (non-hydrogen) atoms. The molecule has 0 spiro atoms. The second kappa shape index (κ2) is 4.96. The Hall–Kier alpha value is -1.97. The van der Waals surface area contributed by atoms with Gasteiger partial charge in [0.15, 0.2) is 5.82 Å². The molecule has 1 aliphatic heterocycles. The molecule has 0 amide bonds. The molecule has 1 aliphatic rings. The second-order valence-electron chi connectivity index (χ2n) is 4.53. The lowest BCUT2D eigenvalue weighted by molar-refractivity contribution is -0.176. The number of piperidine rings is 1. The van der Waals surface area contributed by atoms with E-state index in [1.165, 1.54) is 17.2 Å². The minimum Gasteiger partial charge on any atom is -0.395 e. The molecule has 0 aliphatic carbocycles. The zero-order valence-corrected chi connectivity index (χ0v) is 10.1. The van der Waals surface area contributed by atoms with Crippen molar-refractivity contribution in [1.29, 1.82) is 5.26 Å². The van der Waals surface area contributed by atoms with Crippen molar-refractivity contribution in [2.75, 3.05) is 23.7 Å². The molecule has 2 rings (SSSR count). The summed E-state index contributed by atoms with van der Waals surface area (Å²) in [6, 6.07) is 3.35. The van der Waals surface area contributed by atoms with Gasteiger partial charge >= 0.3 is 6.18 Å². The molecule has 1 aromatic heterocycles. The van der Waals surface area contributed by atoms with Crippen LogP contribution in [0.5, 0.6) is 0 Å². The Labute approximate surface area is 108 Å². The maximum Gasteiger partial charge on any atom is 0.393 e. The molecule has 1 saturated heterocycles. The minimum absolute atomic E-state index is 0.123. The fourth-order valence-corrected chi connectivity index (χ4v) is 2.25. The van der Waals surface area contributed by atoms with Crippen molar-refractivity contribution in [3.63, 3.8) is 0 Å². The highest BCUT2D eigenvalue weighted by Crippen LogP contribution is 2.35. The molecule has 0 bridgehead atoms. The molecule has 2 heterocycles. The monoisotopic (exact) mass is 270 g/mol. The van der Waals surface area contributed by atoms with Crippen LogP contribution in [0.25, 0.3) is 0 Å². The minimum atomic E-state index is -4.21. The van der Waals surface area contributed by atoms with Crippen molar-refractivity contribution in [2.45, 2.75) is 19.0 Å². The van der Waals surface area contributed by atoms with Gasteiger partial charge in [0.05, 0.1) is 17.2 Å². The topological polar surface area (TPSA) is 65.9 Å². The number of nitriles is 1. The molecule has 1 fully saturated rings. The average molecular weight is 270 g/mol. The SMILES string of the molecule is N#Cc1ccnc(N2CCCC(C(F)(F)F)C2)c1N. The summed E-state index contributed by atoms with van der Waals surface area (Å²) in [5.41, 5.74) is 6.15. The van der Waals surface area contributed by atoms with E-state index in [-0.39, 0.29) is 30.0 Å². The van der Waals surface area contributed by atoms with Gasteiger partial charge in [-0.1, -0.05) is 0 Å². The highest BCUT2D eigenvalue weighted by Gasteiger charge is 2.42. The molecule has 0 aromatic carbocycles. The number of nitrogens with zero attached hydrogens (tertiary/aromatic N) is 3. The summed E-state index contributed by atoms with van der Waals surface area (Å²) >= 11 is 0. The number of hydrogen-bond acceptors (Lipinski definition) is 4. The quantitative estimate of drug-likeness (QED) is 0.850. The zero-order chi connectivity index (χ0) is 14.0.